The number of fused-ring (bicyclic) bond motifs is 4. The highest BCUT2D eigenvalue weighted by molar-refractivity contribution is 6.03. The van der Waals surface area contributed by atoms with Gasteiger partial charge < -0.3 is 19.5 Å². The largest absolute Gasteiger partial charge is 0.494 e. The predicted octanol–water partition coefficient (Wildman–Crippen LogP) is 4.65. The fraction of sp³-hybridized carbons (Fsp3) is 0.438. The fourth-order valence-corrected chi connectivity index (χ4v) is 6.40. The Morgan fingerprint density at radius 3 is 2.52 bits per heavy atom. The topological polar surface area (TPSA) is 95.6 Å². The molecule has 0 unspecified atom stereocenters. The fourth-order valence-electron chi connectivity index (χ4n) is 6.40. The van der Waals surface area contributed by atoms with Crippen molar-refractivity contribution in [2.75, 3.05) is 19.7 Å². The van der Waals surface area contributed by atoms with Gasteiger partial charge in [0.2, 0.25) is 5.91 Å². The lowest BCUT2D eigenvalue weighted by molar-refractivity contribution is -0.143. The average molecular weight is 541 g/mol. The molecular formula is C32H36N4O4. The third kappa shape index (κ3) is 4.69. The Morgan fingerprint density at radius 1 is 1.07 bits per heavy atom. The van der Waals surface area contributed by atoms with E-state index in [1.165, 1.54) is 0 Å². The molecule has 1 aromatic heterocycles. The quantitative estimate of drug-likeness (QED) is 0.471. The summed E-state index contributed by atoms with van der Waals surface area (Å²) in [4.78, 5) is 52.1. The first-order valence-electron chi connectivity index (χ1n) is 14.2. The number of rotatable bonds is 7. The van der Waals surface area contributed by atoms with Gasteiger partial charge in [-0.3, -0.25) is 14.4 Å². The van der Waals surface area contributed by atoms with Crippen LogP contribution in [0.25, 0.3) is 17.1 Å². The second kappa shape index (κ2) is 9.91. The Labute approximate surface area is 234 Å². The first-order chi connectivity index (χ1) is 19.1. The van der Waals surface area contributed by atoms with Crippen LogP contribution >= 0.6 is 0 Å². The number of H-pyrrole nitrogens is 1. The SMILES string of the molecule is CCOc1ccc2c(c1)C=C(C(=O)C[C@H](C(=O)N1C[C@@H]3C[C@H]1CN3C(=O)c1nc3ccccc3[nH]1)C(C)(C)C)C2. The lowest BCUT2D eigenvalue weighted by Gasteiger charge is -2.38. The average Bonchev–Trinajstić information content (AvgIpc) is 3.71. The van der Waals surface area contributed by atoms with E-state index < -0.39 is 5.92 Å². The van der Waals surface area contributed by atoms with Gasteiger partial charge in [-0.05, 0) is 60.2 Å². The van der Waals surface area contributed by atoms with E-state index in [1.54, 1.807) is 0 Å². The highest BCUT2D eigenvalue weighted by Crippen LogP contribution is 2.39. The molecular weight excluding hydrogens is 504 g/mol. The molecule has 208 valence electrons. The minimum Gasteiger partial charge on any atom is -0.494 e. The number of allylic oxidation sites excluding steroid dienone is 1. The van der Waals surface area contributed by atoms with Gasteiger partial charge in [0.25, 0.3) is 5.91 Å². The molecule has 3 heterocycles. The molecule has 8 heteroatoms. The number of hydrogen-bond acceptors (Lipinski definition) is 5. The highest BCUT2D eigenvalue weighted by atomic mass is 16.5. The maximum absolute atomic E-state index is 13.9. The molecule has 3 aromatic rings. The van der Waals surface area contributed by atoms with Crippen LogP contribution in [0.1, 0.15) is 62.3 Å². The van der Waals surface area contributed by atoms with Gasteiger partial charge in [0.05, 0.1) is 35.6 Å². The number of ether oxygens (including phenoxy) is 1. The van der Waals surface area contributed by atoms with E-state index in [9.17, 15) is 14.4 Å². The lowest BCUT2D eigenvalue weighted by Crippen LogP contribution is -2.53. The maximum atomic E-state index is 13.9. The van der Waals surface area contributed by atoms with Crippen molar-refractivity contribution < 1.29 is 19.1 Å². The minimum absolute atomic E-state index is 0.0129. The van der Waals surface area contributed by atoms with Crippen LogP contribution in [0.3, 0.4) is 0 Å². The minimum atomic E-state index is -0.442. The summed E-state index contributed by atoms with van der Waals surface area (Å²) < 4.78 is 5.62. The summed E-state index contributed by atoms with van der Waals surface area (Å²) in [7, 11) is 0. The van der Waals surface area contributed by atoms with Crippen LogP contribution in [0.5, 0.6) is 5.75 Å². The molecule has 0 spiro atoms. The van der Waals surface area contributed by atoms with Crippen molar-refractivity contribution in [1.29, 1.82) is 0 Å². The summed E-state index contributed by atoms with van der Waals surface area (Å²) >= 11 is 0. The zero-order chi connectivity index (χ0) is 28.2. The number of amides is 2. The smallest absolute Gasteiger partial charge is 0.290 e. The molecule has 1 aliphatic carbocycles. The Balaban J connectivity index is 1.13. The van der Waals surface area contributed by atoms with Gasteiger partial charge in [-0.2, -0.15) is 0 Å². The van der Waals surface area contributed by atoms with Crippen molar-refractivity contribution in [3.05, 3.63) is 65.0 Å². The first-order valence-corrected chi connectivity index (χ1v) is 14.2. The zero-order valence-corrected chi connectivity index (χ0v) is 23.6. The van der Waals surface area contributed by atoms with E-state index in [0.717, 1.165) is 39.9 Å². The molecule has 6 rings (SSSR count). The van der Waals surface area contributed by atoms with Crippen LogP contribution in [-0.2, 0) is 16.0 Å². The molecule has 0 radical (unpaired) electrons. The summed E-state index contributed by atoms with van der Waals surface area (Å²) in [5.74, 6) is 0.600. The van der Waals surface area contributed by atoms with Crippen LogP contribution < -0.4 is 4.74 Å². The number of Topliss-reactive ketones (excluding diaryl/α,β-unsaturated/α-hetero) is 1. The predicted molar refractivity (Wildman–Crippen MR) is 153 cm³/mol. The van der Waals surface area contributed by atoms with Crippen molar-refractivity contribution in [3.63, 3.8) is 0 Å². The van der Waals surface area contributed by atoms with Gasteiger partial charge in [0.1, 0.15) is 5.75 Å². The second-order valence-corrected chi connectivity index (χ2v) is 12.3. The number of hydrogen-bond donors (Lipinski definition) is 1. The Bertz CT molecular complexity index is 1500. The number of likely N-dealkylation sites (tertiary alicyclic amines) is 2. The third-order valence-corrected chi connectivity index (χ3v) is 8.61. The molecule has 0 saturated carbocycles. The van der Waals surface area contributed by atoms with Crippen LogP contribution in [0.2, 0.25) is 0 Å². The Morgan fingerprint density at radius 2 is 1.82 bits per heavy atom. The monoisotopic (exact) mass is 540 g/mol. The van der Waals surface area contributed by atoms with Gasteiger partial charge in [0, 0.05) is 31.5 Å². The molecule has 3 atom stereocenters. The van der Waals surface area contributed by atoms with Crippen molar-refractivity contribution in [1.82, 2.24) is 19.8 Å². The van der Waals surface area contributed by atoms with Gasteiger partial charge >= 0.3 is 0 Å². The number of benzene rings is 2. The highest BCUT2D eigenvalue weighted by Gasteiger charge is 2.50. The Hall–Kier alpha value is -3.94. The van der Waals surface area contributed by atoms with E-state index in [2.05, 4.69) is 9.97 Å². The number of piperazine rings is 1. The van der Waals surface area contributed by atoms with E-state index in [-0.39, 0.29) is 41.5 Å². The maximum Gasteiger partial charge on any atom is 0.290 e. The van der Waals surface area contributed by atoms with E-state index in [4.69, 9.17) is 4.74 Å². The van der Waals surface area contributed by atoms with Crippen LogP contribution in [0, 0.1) is 11.3 Å². The Kier molecular flexibility index (Phi) is 6.51. The number of aromatic amines is 1. The number of nitrogens with one attached hydrogen (secondary N) is 1. The van der Waals surface area contributed by atoms with E-state index in [0.29, 0.717) is 31.9 Å². The molecule has 2 amide bonds. The number of ketones is 1. The van der Waals surface area contributed by atoms with Gasteiger partial charge in [-0.1, -0.05) is 39.0 Å². The molecule has 2 saturated heterocycles. The molecule has 40 heavy (non-hydrogen) atoms. The van der Waals surface area contributed by atoms with Crippen molar-refractivity contribution in [3.8, 4) is 5.75 Å². The molecule has 8 nitrogen and oxygen atoms in total. The summed E-state index contributed by atoms with van der Waals surface area (Å²) in [6.45, 7) is 9.60. The molecule has 3 aliphatic rings. The molecule has 2 aliphatic heterocycles. The number of para-hydroxylation sites is 2. The molecule has 2 bridgehead atoms. The van der Waals surface area contributed by atoms with Crippen LogP contribution in [0.4, 0.5) is 0 Å². The number of nitrogens with zero attached hydrogens (tertiary/aromatic N) is 3. The van der Waals surface area contributed by atoms with Crippen molar-refractivity contribution in [2.24, 2.45) is 11.3 Å². The van der Waals surface area contributed by atoms with E-state index in [1.807, 2.05) is 86.0 Å². The van der Waals surface area contributed by atoms with Crippen molar-refractivity contribution >= 4 is 34.7 Å². The standard InChI is InChI=1S/C32H36N4O4/c1-5-40-24-11-10-19-12-21(13-20(19)14-24)28(37)16-25(32(2,3)4)30(38)35-17-23-15-22(35)18-36(23)31(39)29-33-26-8-6-7-9-27(26)34-29/h6-11,13-14,22-23,25H,5,12,15-18H2,1-4H3,(H,33,34)/t22-,23-,25+/m0/s1. The second-order valence-electron chi connectivity index (χ2n) is 12.3. The summed E-state index contributed by atoms with van der Waals surface area (Å²) in [5.41, 5.74) is 4.08. The van der Waals surface area contributed by atoms with Crippen LogP contribution in [-0.4, -0.2) is 69.1 Å². The van der Waals surface area contributed by atoms with Crippen LogP contribution in [0.15, 0.2) is 48.0 Å². The number of carbonyl (C=O) groups excluding carboxylic acids is 3. The molecule has 2 aromatic carbocycles. The number of imidazole rings is 1. The normalized spacial score (nSPS) is 20.6. The van der Waals surface area contributed by atoms with Gasteiger partial charge in [-0.15, -0.1) is 0 Å². The number of carbonyl (C=O) groups is 3. The number of aromatic nitrogens is 2. The van der Waals surface area contributed by atoms with Gasteiger partial charge in [-0.25, -0.2) is 4.98 Å². The zero-order valence-electron chi connectivity index (χ0n) is 23.6. The lowest BCUT2D eigenvalue weighted by atomic mass is 9.76. The van der Waals surface area contributed by atoms with Crippen molar-refractivity contribution in [2.45, 2.75) is 59.0 Å². The molecule has 1 N–H and O–H groups in total. The third-order valence-electron chi connectivity index (χ3n) is 8.61. The van der Waals surface area contributed by atoms with Gasteiger partial charge in [0.15, 0.2) is 11.6 Å². The summed E-state index contributed by atoms with van der Waals surface area (Å²) in [5, 5.41) is 0. The molecule has 2 fully saturated rings. The summed E-state index contributed by atoms with van der Waals surface area (Å²) in [6, 6.07) is 13.4. The van der Waals surface area contributed by atoms with E-state index >= 15 is 0 Å². The summed E-state index contributed by atoms with van der Waals surface area (Å²) in [6.07, 6.45) is 3.46. The first kappa shape index (κ1) is 26.3.